The maximum Gasteiger partial charge on any atom is 0.0264 e. The number of benzene rings is 1. The van der Waals surface area contributed by atoms with Gasteiger partial charge in [-0.25, -0.2) is 0 Å². The summed E-state index contributed by atoms with van der Waals surface area (Å²) in [7, 11) is 0. The second kappa shape index (κ2) is 4.81. The van der Waals surface area contributed by atoms with Gasteiger partial charge in [0.1, 0.15) is 0 Å². The molecule has 2 heteroatoms. The van der Waals surface area contributed by atoms with Crippen LogP contribution < -0.4 is 5.32 Å². The van der Waals surface area contributed by atoms with Gasteiger partial charge in [-0.15, -0.1) is 11.6 Å². The lowest BCUT2D eigenvalue weighted by Gasteiger charge is -2.09. The summed E-state index contributed by atoms with van der Waals surface area (Å²) in [6.45, 7) is 1.08. The lowest BCUT2D eigenvalue weighted by molar-refractivity contribution is 0.583. The van der Waals surface area contributed by atoms with E-state index >= 15 is 0 Å². The zero-order chi connectivity index (χ0) is 9.80. The second-order valence-corrected chi connectivity index (χ2v) is 4.36. The van der Waals surface area contributed by atoms with Gasteiger partial charge in [0.15, 0.2) is 0 Å². The Morgan fingerprint density at radius 2 is 2.07 bits per heavy atom. The van der Waals surface area contributed by atoms with Crippen LogP contribution in [0.2, 0.25) is 0 Å². The van der Waals surface area contributed by atoms with Gasteiger partial charge in [-0.1, -0.05) is 30.3 Å². The fourth-order valence-corrected chi connectivity index (χ4v) is 2.31. The van der Waals surface area contributed by atoms with E-state index in [4.69, 9.17) is 11.6 Å². The minimum atomic E-state index is 0.626. The van der Waals surface area contributed by atoms with Crippen LogP contribution in [0.15, 0.2) is 30.3 Å². The zero-order valence-electron chi connectivity index (χ0n) is 8.25. The average molecular weight is 210 g/mol. The number of nitrogens with one attached hydrogen (secondary N) is 1. The Hall–Kier alpha value is -0.530. The van der Waals surface area contributed by atoms with E-state index in [1.807, 2.05) is 0 Å². The molecule has 14 heavy (non-hydrogen) atoms. The van der Waals surface area contributed by atoms with Crippen LogP contribution in [0, 0.1) is 5.92 Å². The molecule has 0 spiro atoms. The summed E-state index contributed by atoms with van der Waals surface area (Å²) in [5.41, 5.74) is 1.42. The summed E-state index contributed by atoms with van der Waals surface area (Å²) in [4.78, 5) is 0. The Balaban J connectivity index is 1.88. The summed E-state index contributed by atoms with van der Waals surface area (Å²) < 4.78 is 0. The third-order valence-electron chi connectivity index (χ3n) is 2.86. The van der Waals surface area contributed by atoms with E-state index in [0.717, 1.165) is 18.8 Å². The van der Waals surface area contributed by atoms with Crippen molar-refractivity contribution in [1.82, 2.24) is 5.32 Å². The molecule has 2 unspecified atom stereocenters. The molecule has 1 aliphatic heterocycles. The molecule has 1 saturated heterocycles. The van der Waals surface area contributed by atoms with Gasteiger partial charge >= 0.3 is 0 Å². The highest BCUT2D eigenvalue weighted by atomic mass is 35.5. The van der Waals surface area contributed by atoms with Gasteiger partial charge in [0, 0.05) is 11.9 Å². The third kappa shape index (κ3) is 2.49. The first-order valence-corrected chi connectivity index (χ1v) is 5.75. The SMILES string of the molecule is ClCC1CNC(Cc2ccccc2)C1. The van der Waals surface area contributed by atoms with Gasteiger partial charge in [0.25, 0.3) is 0 Å². The molecule has 1 nitrogen and oxygen atoms in total. The molecule has 2 rings (SSSR count). The molecular formula is C12H16ClN. The number of hydrogen-bond donors (Lipinski definition) is 1. The molecule has 1 aromatic rings. The molecule has 2 atom stereocenters. The molecule has 0 bridgehead atoms. The lowest BCUT2D eigenvalue weighted by atomic mass is 10.0. The van der Waals surface area contributed by atoms with E-state index in [-0.39, 0.29) is 0 Å². The second-order valence-electron chi connectivity index (χ2n) is 4.05. The van der Waals surface area contributed by atoms with Gasteiger partial charge < -0.3 is 5.32 Å². The molecule has 0 aliphatic carbocycles. The standard InChI is InChI=1S/C12H16ClN/c13-8-11-7-12(14-9-11)6-10-4-2-1-3-5-10/h1-5,11-12,14H,6-9H2. The smallest absolute Gasteiger partial charge is 0.0264 e. The normalized spacial score (nSPS) is 26.6. The Morgan fingerprint density at radius 1 is 1.29 bits per heavy atom. The highest BCUT2D eigenvalue weighted by molar-refractivity contribution is 6.18. The van der Waals surface area contributed by atoms with Crippen molar-refractivity contribution in [2.24, 2.45) is 5.92 Å². The molecule has 0 radical (unpaired) electrons. The van der Waals surface area contributed by atoms with Gasteiger partial charge in [0.05, 0.1) is 0 Å². The fraction of sp³-hybridized carbons (Fsp3) is 0.500. The summed E-state index contributed by atoms with van der Waals surface area (Å²) in [5.74, 6) is 1.46. The maximum absolute atomic E-state index is 5.84. The molecule has 1 aliphatic rings. The minimum absolute atomic E-state index is 0.626. The molecule has 1 fully saturated rings. The van der Waals surface area contributed by atoms with E-state index in [2.05, 4.69) is 35.6 Å². The van der Waals surface area contributed by atoms with Gasteiger partial charge in [-0.2, -0.15) is 0 Å². The first-order valence-electron chi connectivity index (χ1n) is 5.21. The van der Waals surface area contributed by atoms with Gasteiger partial charge in [0.2, 0.25) is 0 Å². The van der Waals surface area contributed by atoms with Crippen LogP contribution in [0.4, 0.5) is 0 Å². The van der Waals surface area contributed by atoms with Crippen LogP contribution in [-0.2, 0) is 6.42 Å². The van der Waals surface area contributed by atoms with Crippen molar-refractivity contribution in [1.29, 1.82) is 0 Å². The fourth-order valence-electron chi connectivity index (χ4n) is 2.07. The molecule has 0 amide bonds. The Bertz CT molecular complexity index is 273. The summed E-state index contributed by atoms with van der Waals surface area (Å²) in [6.07, 6.45) is 2.35. The number of alkyl halides is 1. The van der Waals surface area contributed by atoms with Crippen LogP contribution in [0.25, 0.3) is 0 Å². The molecule has 1 aromatic carbocycles. The number of rotatable bonds is 3. The first-order chi connectivity index (χ1) is 6.88. The zero-order valence-corrected chi connectivity index (χ0v) is 9.00. The first kappa shape index (κ1) is 10.0. The van der Waals surface area contributed by atoms with Crippen LogP contribution in [0.3, 0.4) is 0 Å². The van der Waals surface area contributed by atoms with E-state index in [9.17, 15) is 0 Å². The van der Waals surface area contributed by atoms with E-state index in [1.165, 1.54) is 12.0 Å². The summed E-state index contributed by atoms with van der Waals surface area (Å²) in [5, 5.41) is 3.52. The molecular weight excluding hydrogens is 194 g/mol. The molecule has 0 saturated carbocycles. The van der Waals surface area contributed by atoms with E-state index in [1.54, 1.807) is 0 Å². The Kier molecular flexibility index (Phi) is 3.44. The largest absolute Gasteiger partial charge is 0.313 e. The van der Waals surface area contributed by atoms with Crippen molar-refractivity contribution in [2.45, 2.75) is 18.9 Å². The van der Waals surface area contributed by atoms with Gasteiger partial charge in [-0.05, 0) is 30.9 Å². The van der Waals surface area contributed by atoms with Crippen LogP contribution in [-0.4, -0.2) is 18.5 Å². The van der Waals surface area contributed by atoms with Crippen molar-refractivity contribution in [3.8, 4) is 0 Å². The third-order valence-corrected chi connectivity index (χ3v) is 3.29. The molecule has 1 heterocycles. The summed E-state index contributed by atoms with van der Waals surface area (Å²) in [6, 6.07) is 11.3. The van der Waals surface area contributed by atoms with Crippen molar-refractivity contribution < 1.29 is 0 Å². The van der Waals surface area contributed by atoms with Crippen molar-refractivity contribution >= 4 is 11.6 Å². The number of hydrogen-bond acceptors (Lipinski definition) is 1. The summed E-state index contributed by atoms with van der Waals surface area (Å²) >= 11 is 5.84. The minimum Gasteiger partial charge on any atom is -0.313 e. The highest BCUT2D eigenvalue weighted by Gasteiger charge is 2.22. The van der Waals surface area contributed by atoms with E-state index in [0.29, 0.717) is 12.0 Å². The molecule has 76 valence electrons. The van der Waals surface area contributed by atoms with Gasteiger partial charge in [-0.3, -0.25) is 0 Å². The molecule has 0 aromatic heterocycles. The Labute approximate surface area is 90.5 Å². The average Bonchev–Trinajstić information content (AvgIpc) is 2.67. The van der Waals surface area contributed by atoms with Crippen LogP contribution >= 0.6 is 11.6 Å². The quantitative estimate of drug-likeness (QED) is 0.755. The van der Waals surface area contributed by atoms with Crippen molar-refractivity contribution in [3.05, 3.63) is 35.9 Å². The molecule has 1 N–H and O–H groups in total. The Morgan fingerprint density at radius 3 is 2.71 bits per heavy atom. The van der Waals surface area contributed by atoms with Crippen LogP contribution in [0.5, 0.6) is 0 Å². The lowest BCUT2D eigenvalue weighted by Crippen LogP contribution is -2.23. The predicted octanol–water partition coefficient (Wildman–Crippen LogP) is 2.45. The topological polar surface area (TPSA) is 12.0 Å². The number of halogens is 1. The highest BCUT2D eigenvalue weighted by Crippen LogP contribution is 2.18. The van der Waals surface area contributed by atoms with Crippen LogP contribution in [0.1, 0.15) is 12.0 Å². The van der Waals surface area contributed by atoms with E-state index < -0.39 is 0 Å². The van der Waals surface area contributed by atoms with Crippen molar-refractivity contribution in [3.63, 3.8) is 0 Å². The van der Waals surface area contributed by atoms with Crippen molar-refractivity contribution in [2.75, 3.05) is 12.4 Å². The monoisotopic (exact) mass is 209 g/mol. The predicted molar refractivity (Wildman–Crippen MR) is 60.8 cm³/mol. The maximum atomic E-state index is 5.84.